The van der Waals surface area contributed by atoms with Gasteiger partial charge in [-0.05, 0) is 18.2 Å². The molecule has 0 fully saturated rings. The molecule has 0 aliphatic carbocycles. The molecule has 0 amide bonds. The largest absolute Gasteiger partial charge is 0.264 e. The third-order valence-electron chi connectivity index (χ3n) is 2.07. The molecule has 2 rings (SSSR count). The minimum Gasteiger partial charge on any atom is -0.264 e. The molecule has 2 aromatic heterocycles. The molecule has 0 radical (unpaired) electrons. The van der Waals surface area contributed by atoms with Gasteiger partial charge in [0.15, 0.2) is 0 Å². The van der Waals surface area contributed by atoms with Gasteiger partial charge >= 0.3 is 0 Å². The maximum atomic E-state index is 8.98. The summed E-state index contributed by atoms with van der Waals surface area (Å²) in [5.41, 5.74) is 2.08. The van der Waals surface area contributed by atoms with Crippen molar-refractivity contribution in [2.75, 3.05) is 0 Å². The molecule has 74 valence electrons. The zero-order valence-electron chi connectivity index (χ0n) is 8.25. The number of rotatable bonds is 1. The SMILES string of the molecule is N#Cc1cnc(-c2cccnc2)c(C#N)c1. The zero-order valence-corrected chi connectivity index (χ0v) is 8.25. The quantitative estimate of drug-likeness (QED) is 0.714. The number of pyridine rings is 2. The summed E-state index contributed by atoms with van der Waals surface area (Å²) in [6.07, 6.45) is 4.73. The lowest BCUT2D eigenvalue weighted by Gasteiger charge is -2.02. The Balaban J connectivity index is 2.60. The highest BCUT2D eigenvalue weighted by molar-refractivity contribution is 5.66. The van der Waals surface area contributed by atoms with Crippen LogP contribution in [0.5, 0.6) is 0 Å². The fourth-order valence-electron chi connectivity index (χ4n) is 1.34. The van der Waals surface area contributed by atoms with E-state index in [9.17, 15) is 0 Å². The van der Waals surface area contributed by atoms with Gasteiger partial charge in [-0.1, -0.05) is 0 Å². The molecule has 0 saturated heterocycles. The minimum absolute atomic E-state index is 0.379. The molecule has 0 aliphatic heterocycles. The summed E-state index contributed by atoms with van der Waals surface area (Å²) in [6, 6.07) is 9.10. The van der Waals surface area contributed by atoms with Crippen molar-refractivity contribution in [2.45, 2.75) is 0 Å². The predicted molar refractivity (Wildman–Crippen MR) is 56.9 cm³/mol. The average Bonchev–Trinajstić information content (AvgIpc) is 2.39. The van der Waals surface area contributed by atoms with E-state index in [1.54, 1.807) is 18.5 Å². The Kier molecular flexibility index (Phi) is 2.58. The van der Waals surface area contributed by atoms with Crippen molar-refractivity contribution in [3.8, 4) is 23.4 Å². The molecular weight excluding hydrogens is 200 g/mol. The molecular formula is C12H6N4. The van der Waals surface area contributed by atoms with Gasteiger partial charge in [0.2, 0.25) is 0 Å². The van der Waals surface area contributed by atoms with Crippen molar-refractivity contribution in [1.29, 1.82) is 10.5 Å². The van der Waals surface area contributed by atoms with E-state index in [1.807, 2.05) is 18.2 Å². The van der Waals surface area contributed by atoms with Gasteiger partial charge in [0.1, 0.15) is 12.1 Å². The molecule has 0 spiro atoms. The third-order valence-corrected chi connectivity index (χ3v) is 2.07. The van der Waals surface area contributed by atoms with Crippen LogP contribution in [0.1, 0.15) is 11.1 Å². The van der Waals surface area contributed by atoms with Crippen LogP contribution < -0.4 is 0 Å². The summed E-state index contributed by atoms with van der Waals surface area (Å²) in [4.78, 5) is 8.07. The molecule has 2 aromatic rings. The molecule has 0 N–H and O–H groups in total. The van der Waals surface area contributed by atoms with Crippen LogP contribution in [0.2, 0.25) is 0 Å². The van der Waals surface area contributed by atoms with Gasteiger partial charge in [0.05, 0.1) is 16.8 Å². The molecule has 0 unspecified atom stereocenters. The molecule has 2 heterocycles. The lowest BCUT2D eigenvalue weighted by atomic mass is 10.1. The monoisotopic (exact) mass is 206 g/mol. The first-order valence-electron chi connectivity index (χ1n) is 4.56. The number of hydrogen-bond donors (Lipinski definition) is 0. The van der Waals surface area contributed by atoms with E-state index < -0.39 is 0 Å². The van der Waals surface area contributed by atoms with Crippen LogP contribution >= 0.6 is 0 Å². The third kappa shape index (κ3) is 1.73. The molecule has 4 heteroatoms. The fraction of sp³-hybridized carbons (Fsp3) is 0. The van der Waals surface area contributed by atoms with E-state index >= 15 is 0 Å². The first kappa shape index (κ1) is 9.82. The van der Waals surface area contributed by atoms with Gasteiger partial charge in [-0.3, -0.25) is 9.97 Å². The van der Waals surface area contributed by atoms with Crippen molar-refractivity contribution in [3.63, 3.8) is 0 Å². The van der Waals surface area contributed by atoms with Crippen molar-refractivity contribution in [1.82, 2.24) is 9.97 Å². The lowest BCUT2D eigenvalue weighted by Crippen LogP contribution is -1.91. The summed E-state index contributed by atoms with van der Waals surface area (Å²) in [5, 5.41) is 17.7. The molecule has 0 atom stereocenters. The molecule has 0 aliphatic rings. The van der Waals surface area contributed by atoms with Gasteiger partial charge in [0.25, 0.3) is 0 Å². The molecule has 16 heavy (non-hydrogen) atoms. The van der Waals surface area contributed by atoms with Crippen LogP contribution in [0.4, 0.5) is 0 Å². The van der Waals surface area contributed by atoms with Crippen LogP contribution in [-0.4, -0.2) is 9.97 Å². The molecule has 4 nitrogen and oxygen atoms in total. The van der Waals surface area contributed by atoms with E-state index in [-0.39, 0.29) is 0 Å². The Morgan fingerprint density at radius 1 is 1.12 bits per heavy atom. The Hall–Kier alpha value is -2.72. The number of nitriles is 2. The van der Waals surface area contributed by atoms with Crippen molar-refractivity contribution < 1.29 is 0 Å². The highest BCUT2D eigenvalue weighted by atomic mass is 14.7. The Morgan fingerprint density at radius 2 is 2.00 bits per heavy atom. The Morgan fingerprint density at radius 3 is 2.62 bits per heavy atom. The van der Waals surface area contributed by atoms with E-state index in [4.69, 9.17) is 10.5 Å². The highest BCUT2D eigenvalue weighted by Gasteiger charge is 2.07. The Labute approximate surface area is 92.4 Å². The van der Waals surface area contributed by atoms with Gasteiger partial charge < -0.3 is 0 Å². The van der Waals surface area contributed by atoms with Crippen LogP contribution in [0.15, 0.2) is 36.8 Å². The van der Waals surface area contributed by atoms with Gasteiger partial charge in [-0.25, -0.2) is 0 Å². The minimum atomic E-state index is 0.379. The topological polar surface area (TPSA) is 73.4 Å². The summed E-state index contributed by atoms with van der Waals surface area (Å²) in [5.74, 6) is 0. The number of hydrogen-bond acceptors (Lipinski definition) is 4. The predicted octanol–water partition coefficient (Wildman–Crippen LogP) is 1.89. The van der Waals surface area contributed by atoms with Crippen molar-refractivity contribution in [3.05, 3.63) is 47.9 Å². The molecule has 0 saturated carbocycles. The second-order valence-electron chi connectivity index (χ2n) is 3.09. The van der Waals surface area contributed by atoms with Crippen LogP contribution in [-0.2, 0) is 0 Å². The van der Waals surface area contributed by atoms with Crippen LogP contribution in [0.25, 0.3) is 11.3 Å². The molecule has 0 bridgehead atoms. The van der Waals surface area contributed by atoms with Crippen molar-refractivity contribution >= 4 is 0 Å². The van der Waals surface area contributed by atoms with Gasteiger partial charge in [0, 0.05) is 24.2 Å². The maximum Gasteiger partial charge on any atom is 0.101 e. The highest BCUT2D eigenvalue weighted by Crippen LogP contribution is 2.20. The van der Waals surface area contributed by atoms with E-state index in [0.717, 1.165) is 5.56 Å². The van der Waals surface area contributed by atoms with E-state index in [2.05, 4.69) is 9.97 Å². The summed E-state index contributed by atoms with van der Waals surface area (Å²) < 4.78 is 0. The first-order chi connectivity index (χ1) is 7.85. The smallest absolute Gasteiger partial charge is 0.101 e. The number of nitrogens with zero attached hydrogens (tertiary/aromatic N) is 4. The van der Waals surface area contributed by atoms with Gasteiger partial charge in [-0.2, -0.15) is 10.5 Å². The zero-order chi connectivity index (χ0) is 11.4. The van der Waals surface area contributed by atoms with Crippen molar-refractivity contribution in [2.24, 2.45) is 0 Å². The second kappa shape index (κ2) is 4.20. The Bertz CT molecular complexity index is 591. The maximum absolute atomic E-state index is 8.98. The van der Waals surface area contributed by atoms with E-state index in [0.29, 0.717) is 16.8 Å². The van der Waals surface area contributed by atoms with Crippen LogP contribution in [0, 0.1) is 22.7 Å². The standard InChI is InChI=1S/C12H6N4/c13-5-9-4-11(6-14)12(16-7-9)10-2-1-3-15-8-10/h1-4,7-8H. The van der Waals surface area contributed by atoms with E-state index in [1.165, 1.54) is 12.3 Å². The average molecular weight is 206 g/mol. The number of aromatic nitrogens is 2. The normalized spacial score (nSPS) is 9.12. The lowest BCUT2D eigenvalue weighted by molar-refractivity contribution is 1.25. The van der Waals surface area contributed by atoms with Gasteiger partial charge in [-0.15, -0.1) is 0 Å². The molecule has 0 aromatic carbocycles. The summed E-state index contributed by atoms with van der Waals surface area (Å²) >= 11 is 0. The summed E-state index contributed by atoms with van der Waals surface area (Å²) in [7, 11) is 0. The fourth-order valence-corrected chi connectivity index (χ4v) is 1.34. The first-order valence-corrected chi connectivity index (χ1v) is 4.56. The van der Waals surface area contributed by atoms with Crippen LogP contribution in [0.3, 0.4) is 0 Å². The second-order valence-corrected chi connectivity index (χ2v) is 3.09. The summed E-state index contributed by atoms with van der Waals surface area (Å²) in [6.45, 7) is 0.